The van der Waals surface area contributed by atoms with E-state index < -0.39 is 0 Å². The quantitative estimate of drug-likeness (QED) is 0.384. The molecule has 0 radical (unpaired) electrons. The minimum Gasteiger partial charge on any atom is -0.355 e. The average molecular weight is 464 g/mol. The number of benzene rings is 2. The third kappa shape index (κ3) is 6.22. The molecule has 8 heteroatoms. The summed E-state index contributed by atoms with van der Waals surface area (Å²) in [4.78, 5) is 26.4. The lowest BCUT2D eigenvalue weighted by Crippen LogP contribution is -2.34. The van der Waals surface area contributed by atoms with Crippen molar-refractivity contribution in [3.63, 3.8) is 0 Å². The molecule has 1 aliphatic rings. The molecular weight excluding hydrogens is 434 g/mol. The molecule has 2 heterocycles. The van der Waals surface area contributed by atoms with Gasteiger partial charge in [-0.2, -0.15) is 0 Å². The van der Waals surface area contributed by atoms with Crippen LogP contribution in [0.3, 0.4) is 0 Å². The third-order valence-electron chi connectivity index (χ3n) is 5.61. The van der Waals surface area contributed by atoms with Crippen LogP contribution in [-0.2, 0) is 9.59 Å². The highest BCUT2D eigenvalue weighted by Crippen LogP contribution is 2.27. The first-order valence-corrected chi connectivity index (χ1v) is 12.4. The van der Waals surface area contributed by atoms with Gasteiger partial charge in [0.25, 0.3) is 0 Å². The summed E-state index contributed by atoms with van der Waals surface area (Å²) in [7, 11) is 0. The molecule has 1 N–H and O–H groups in total. The maximum atomic E-state index is 12.4. The van der Waals surface area contributed by atoms with Crippen LogP contribution in [0, 0.1) is 0 Å². The van der Waals surface area contributed by atoms with E-state index >= 15 is 0 Å². The number of thioether (sulfide) groups is 1. The van der Waals surface area contributed by atoms with Crippen LogP contribution in [-0.4, -0.2) is 56.9 Å². The molecule has 0 bridgehead atoms. The molecule has 0 aliphatic carbocycles. The Hall–Kier alpha value is -3.13. The molecule has 4 rings (SSSR count). The molecule has 1 aliphatic heterocycles. The number of rotatable bonds is 9. The van der Waals surface area contributed by atoms with Crippen LogP contribution in [0.4, 0.5) is 0 Å². The fourth-order valence-electron chi connectivity index (χ4n) is 3.90. The minimum atomic E-state index is -0.0499. The van der Waals surface area contributed by atoms with E-state index in [9.17, 15) is 9.59 Å². The van der Waals surface area contributed by atoms with Gasteiger partial charge < -0.3 is 10.2 Å². The van der Waals surface area contributed by atoms with E-state index in [0.29, 0.717) is 24.7 Å². The number of nitrogens with one attached hydrogen (secondary N) is 1. The van der Waals surface area contributed by atoms with E-state index in [4.69, 9.17) is 0 Å². The first-order valence-electron chi connectivity index (χ1n) is 11.5. The minimum absolute atomic E-state index is 0.0499. The van der Waals surface area contributed by atoms with Crippen molar-refractivity contribution in [2.45, 2.75) is 37.3 Å². The van der Waals surface area contributed by atoms with Gasteiger partial charge in [-0.3, -0.25) is 14.2 Å². The molecule has 0 atom stereocenters. The van der Waals surface area contributed by atoms with Crippen LogP contribution in [0.25, 0.3) is 17.1 Å². The van der Waals surface area contributed by atoms with Crippen LogP contribution < -0.4 is 5.32 Å². The Labute approximate surface area is 198 Å². The standard InChI is InChI=1S/C25H29N5O2S/c31-22(26-16-10-18-29-17-9-3-8-15-23(29)32)19-33-25-28-27-24(20-11-4-1-5-12-20)30(25)21-13-6-2-7-14-21/h1-2,4-7,11-14H,3,8-10,15-19H2,(H,26,31). The molecule has 0 spiro atoms. The highest BCUT2D eigenvalue weighted by atomic mass is 32.2. The van der Waals surface area contributed by atoms with E-state index in [-0.39, 0.29) is 17.6 Å². The summed E-state index contributed by atoms with van der Waals surface area (Å²) in [6.45, 7) is 2.10. The van der Waals surface area contributed by atoms with Gasteiger partial charge in [-0.15, -0.1) is 10.2 Å². The zero-order valence-electron chi connectivity index (χ0n) is 18.7. The lowest BCUT2D eigenvalue weighted by atomic mass is 10.2. The van der Waals surface area contributed by atoms with Crippen LogP contribution in [0.2, 0.25) is 0 Å². The second-order valence-corrected chi connectivity index (χ2v) is 8.97. The first-order chi connectivity index (χ1) is 16.2. The monoisotopic (exact) mass is 463 g/mol. The Bertz CT molecular complexity index is 1060. The SMILES string of the molecule is O=C(CSc1nnc(-c2ccccc2)n1-c1ccccc1)NCCCN1CCCCCC1=O. The predicted molar refractivity (Wildman–Crippen MR) is 130 cm³/mol. The van der Waals surface area contributed by atoms with Crippen molar-refractivity contribution < 1.29 is 9.59 Å². The van der Waals surface area contributed by atoms with Crippen molar-refractivity contribution in [1.29, 1.82) is 0 Å². The largest absolute Gasteiger partial charge is 0.355 e. The van der Waals surface area contributed by atoms with Gasteiger partial charge in [-0.05, 0) is 31.4 Å². The van der Waals surface area contributed by atoms with E-state index in [1.54, 1.807) is 0 Å². The zero-order valence-corrected chi connectivity index (χ0v) is 19.5. The van der Waals surface area contributed by atoms with Gasteiger partial charge in [0, 0.05) is 37.3 Å². The predicted octanol–water partition coefficient (Wildman–Crippen LogP) is 3.94. The Morgan fingerprint density at radius 3 is 2.52 bits per heavy atom. The van der Waals surface area contributed by atoms with Crippen molar-refractivity contribution in [2.24, 2.45) is 0 Å². The van der Waals surface area contributed by atoms with Crippen LogP contribution in [0.5, 0.6) is 0 Å². The fourth-order valence-corrected chi connectivity index (χ4v) is 4.68. The number of amides is 2. The van der Waals surface area contributed by atoms with E-state index in [2.05, 4.69) is 15.5 Å². The molecule has 1 aromatic heterocycles. The number of para-hydroxylation sites is 1. The summed E-state index contributed by atoms with van der Waals surface area (Å²) in [5.41, 5.74) is 1.92. The number of nitrogens with zero attached hydrogens (tertiary/aromatic N) is 4. The Morgan fingerprint density at radius 1 is 0.970 bits per heavy atom. The smallest absolute Gasteiger partial charge is 0.230 e. The van der Waals surface area contributed by atoms with Gasteiger partial charge in [0.1, 0.15) is 0 Å². The summed E-state index contributed by atoms with van der Waals surface area (Å²) >= 11 is 1.37. The summed E-state index contributed by atoms with van der Waals surface area (Å²) < 4.78 is 1.98. The molecule has 7 nitrogen and oxygen atoms in total. The second kappa shape index (κ2) is 11.7. The van der Waals surface area contributed by atoms with Gasteiger partial charge in [-0.1, -0.05) is 66.7 Å². The Balaban J connectivity index is 1.34. The normalized spacial score (nSPS) is 14.2. The van der Waals surface area contributed by atoms with Crippen molar-refractivity contribution in [3.8, 4) is 17.1 Å². The topological polar surface area (TPSA) is 80.1 Å². The van der Waals surface area contributed by atoms with Gasteiger partial charge in [0.05, 0.1) is 5.75 Å². The molecular formula is C25H29N5O2S. The maximum Gasteiger partial charge on any atom is 0.230 e. The number of carbonyl (C=O) groups excluding carboxylic acids is 2. The van der Waals surface area contributed by atoms with Crippen molar-refractivity contribution in [3.05, 3.63) is 60.7 Å². The Kier molecular flexibility index (Phi) is 8.14. The number of hydrogen-bond donors (Lipinski definition) is 1. The maximum absolute atomic E-state index is 12.4. The van der Waals surface area contributed by atoms with Crippen LogP contribution >= 0.6 is 11.8 Å². The average Bonchev–Trinajstić information content (AvgIpc) is 3.17. The highest BCUT2D eigenvalue weighted by molar-refractivity contribution is 7.99. The molecule has 33 heavy (non-hydrogen) atoms. The van der Waals surface area contributed by atoms with E-state index in [0.717, 1.165) is 49.3 Å². The first kappa shape index (κ1) is 23.0. The van der Waals surface area contributed by atoms with Gasteiger partial charge in [0.15, 0.2) is 11.0 Å². The molecule has 172 valence electrons. The molecule has 1 fully saturated rings. The highest BCUT2D eigenvalue weighted by Gasteiger charge is 2.18. The number of hydrogen-bond acceptors (Lipinski definition) is 5. The summed E-state index contributed by atoms with van der Waals surface area (Å²) in [6, 6.07) is 19.8. The van der Waals surface area contributed by atoms with Crippen molar-refractivity contribution >= 4 is 23.6 Å². The van der Waals surface area contributed by atoms with Crippen molar-refractivity contribution in [1.82, 2.24) is 25.0 Å². The lowest BCUT2D eigenvalue weighted by Gasteiger charge is -2.20. The summed E-state index contributed by atoms with van der Waals surface area (Å²) in [5.74, 6) is 1.18. The van der Waals surface area contributed by atoms with Gasteiger partial charge in [-0.25, -0.2) is 0 Å². The number of carbonyl (C=O) groups is 2. The second-order valence-electron chi connectivity index (χ2n) is 8.03. The van der Waals surface area contributed by atoms with Gasteiger partial charge in [0.2, 0.25) is 11.8 Å². The molecule has 2 aromatic carbocycles. The van der Waals surface area contributed by atoms with Gasteiger partial charge >= 0.3 is 0 Å². The third-order valence-corrected chi connectivity index (χ3v) is 6.54. The number of likely N-dealkylation sites (tertiary alicyclic amines) is 1. The van der Waals surface area contributed by atoms with Crippen LogP contribution in [0.1, 0.15) is 32.1 Å². The molecule has 1 saturated heterocycles. The summed E-state index contributed by atoms with van der Waals surface area (Å²) in [5, 5.41) is 12.4. The molecule has 3 aromatic rings. The summed E-state index contributed by atoms with van der Waals surface area (Å²) in [6.07, 6.45) is 4.59. The molecule has 0 saturated carbocycles. The fraction of sp³-hybridized carbons (Fsp3) is 0.360. The molecule has 2 amide bonds. The van der Waals surface area contributed by atoms with E-state index in [1.165, 1.54) is 11.8 Å². The van der Waals surface area contributed by atoms with E-state index in [1.807, 2.05) is 70.1 Å². The number of aromatic nitrogens is 3. The zero-order chi connectivity index (χ0) is 22.9. The Morgan fingerprint density at radius 2 is 1.73 bits per heavy atom. The molecule has 0 unspecified atom stereocenters. The van der Waals surface area contributed by atoms with Crippen molar-refractivity contribution in [2.75, 3.05) is 25.4 Å². The lowest BCUT2D eigenvalue weighted by molar-refractivity contribution is -0.130. The van der Waals surface area contributed by atoms with Crippen LogP contribution in [0.15, 0.2) is 65.8 Å².